The molecular weight excluding hydrogens is 453 g/mol. The standard InChI is InChI=1S/C26H27BN7O2/c1-26(2,35)21-4-3-5-23(32-21)34-15-18(12-28)20-14-30-25(33-24(20)34)31-19-8-6-17(7-9-19)13-29-22-10-11-36-16-27-22/h3-9,14-15,22,29,35H,10-11,13,16H2,1-2H3,(H,30,31,33)/t22-/m1/s1. The number of pyridine rings is 1. The van der Waals surface area contributed by atoms with Crippen molar-refractivity contribution in [2.75, 3.05) is 18.4 Å². The van der Waals surface area contributed by atoms with Crippen molar-refractivity contribution in [3.63, 3.8) is 0 Å². The predicted molar refractivity (Wildman–Crippen MR) is 138 cm³/mol. The molecule has 1 aliphatic rings. The van der Waals surface area contributed by atoms with Crippen LogP contribution < -0.4 is 10.6 Å². The van der Waals surface area contributed by atoms with E-state index in [1.807, 2.05) is 24.3 Å². The molecule has 0 aliphatic carbocycles. The van der Waals surface area contributed by atoms with Crippen LogP contribution in [0.2, 0.25) is 0 Å². The quantitative estimate of drug-likeness (QED) is 0.345. The number of anilines is 2. The summed E-state index contributed by atoms with van der Waals surface area (Å²) in [4.78, 5) is 13.7. The number of aromatic nitrogens is 4. The van der Waals surface area contributed by atoms with Crippen LogP contribution in [0.5, 0.6) is 0 Å². The molecule has 5 rings (SSSR count). The Morgan fingerprint density at radius 2 is 2.06 bits per heavy atom. The van der Waals surface area contributed by atoms with Crippen LogP contribution >= 0.6 is 0 Å². The monoisotopic (exact) mass is 480 g/mol. The van der Waals surface area contributed by atoms with Crippen LogP contribution in [-0.2, 0) is 16.9 Å². The molecule has 10 heteroatoms. The summed E-state index contributed by atoms with van der Waals surface area (Å²) in [7, 11) is 2.16. The maximum atomic E-state index is 10.4. The SMILES string of the molecule is CC(C)(O)c1cccc(-n2cc(C#N)c3cnc(Nc4ccc(CN[C@H]5[B]COCC5)cc4)nc32)n1. The fraction of sp³-hybridized carbons (Fsp3) is 0.308. The van der Waals surface area contributed by atoms with Crippen LogP contribution in [0.1, 0.15) is 37.1 Å². The Labute approximate surface area is 210 Å². The fourth-order valence-electron chi connectivity index (χ4n) is 4.09. The molecule has 0 bridgehead atoms. The van der Waals surface area contributed by atoms with Gasteiger partial charge in [0.15, 0.2) is 12.9 Å². The molecule has 36 heavy (non-hydrogen) atoms. The van der Waals surface area contributed by atoms with Crippen molar-refractivity contribution in [3.8, 4) is 11.9 Å². The Morgan fingerprint density at radius 1 is 1.22 bits per heavy atom. The van der Waals surface area contributed by atoms with E-state index in [1.54, 1.807) is 36.9 Å². The van der Waals surface area contributed by atoms with Gasteiger partial charge in [0, 0.05) is 37.7 Å². The minimum absolute atomic E-state index is 0.379. The zero-order valence-corrected chi connectivity index (χ0v) is 20.3. The molecule has 1 aliphatic heterocycles. The highest BCUT2D eigenvalue weighted by Crippen LogP contribution is 2.25. The lowest BCUT2D eigenvalue weighted by Crippen LogP contribution is -2.40. The van der Waals surface area contributed by atoms with E-state index in [-0.39, 0.29) is 0 Å². The lowest BCUT2D eigenvalue weighted by Gasteiger charge is -2.22. The van der Waals surface area contributed by atoms with Gasteiger partial charge in [-0.3, -0.25) is 4.57 Å². The average Bonchev–Trinajstić information content (AvgIpc) is 3.26. The van der Waals surface area contributed by atoms with Gasteiger partial charge in [0.2, 0.25) is 5.95 Å². The van der Waals surface area contributed by atoms with Crippen molar-refractivity contribution in [1.29, 1.82) is 5.26 Å². The second-order valence-corrected chi connectivity index (χ2v) is 9.30. The van der Waals surface area contributed by atoms with E-state index in [0.29, 0.717) is 46.5 Å². The van der Waals surface area contributed by atoms with Gasteiger partial charge in [0.25, 0.3) is 0 Å². The molecule has 9 nitrogen and oxygen atoms in total. The second-order valence-electron chi connectivity index (χ2n) is 9.30. The number of benzene rings is 1. The Balaban J connectivity index is 1.37. The molecule has 181 valence electrons. The molecule has 1 saturated heterocycles. The zero-order chi connectivity index (χ0) is 25.1. The highest BCUT2D eigenvalue weighted by atomic mass is 16.5. The Hall–Kier alpha value is -3.78. The summed E-state index contributed by atoms with van der Waals surface area (Å²) in [5.41, 5.74) is 2.48. The molecule has 0 unspecified atom stereocenters. The third-order valence-corrected chi connectivity index (χ3v) is 6.12. The third-order valence-electron chi connectivity index (χ3n) is 6.12. The van der Waals surface area contributed by atoms with Crippen LogP contribution in [0.25, 0.3) is 16.9 Å². The van der Waals surface area contributed by atoms with Crippen LogP contribution in [0.3, 0.4) is 0 Å². The number of fused-ring (bicyclic) bond motifs is 1. The zero-order valence-electron chi connectivity index (χ0n) is 20.3. The maximum Gasteiger partial charge on any atom is 0.229 e. The van der Waals surface area contributed by atoms with Gasteiger partial charge < -0.3 is 20.5 Å². The highest BCUT2D eigenvalue weighted by molar-refractivity contribution is 6.37. The number of rotatable bonds is 7. The lowest BCUT2D eigenvalue weighted by molar-refractivity contribution is 0.0738. The Morgan fingerprint density at radius 3 is 2.78 bits per heavy atom. The first-order valence-corrected chi connectivity index (χ1v) is 11.9. The molecule has 3 aromatic heterocycles. The van der Waals surface area contributed by atoms with Crippen LogP contribution in [0.4, 0.5) is 11.6 Å². The van der Waals surface area contributed by atoms with E-state index in [2.05, 4.69) is 51.1 Å². The summed E-state index contributed by atoms with van der Waals surface area (Å²) in [5, 5.41) is 27.4. The van der Waals surface area contributed by atoms with Gasteiger partial charge in [-0.25, -0.2) is 9.97 Å². The van der Waals surface area contributed by atoms with Crippen LogP contribution in [-0.4, -0.2) is 51.0 Å². The molecule has 4 aromatic rings. The Kier molecular flexibility index (Phi) is 6.70. The van der Waals surface area contributed by atoms with Crippen molar-refractivity contribution in [2.24, 2.45) is 0 Å². The summed E-state index contributed by atoms with van der Waals surface area (Å²) < 4.78 is 7.11. The summed E-state index contributed by atoms with van der Waals surface area (Å²) in [6.45, 7) is 5.64. The first-order valence-electron chi connectivity index (χ1n) is 11.9. The number of nitrogens with zero attached hydrogens (tertiary/aromatic N) is 5. The van der Waals surface area contributed by atoms with Crippen molar-refractivity contribution in [3.05, 3.63) is 71.7 Å². The minimum Gasteiger partial charge on any atom is -0.390 e. The fourth-order valence-corrected chi connectivity index (χ4v) is 4.09. The summed E-state index contributed by atoms with van der Waals surface area (Å²) in [6.07, 6.45) is 4.33. The summed E-state index contributed by atoms with van der Waals surface area (Å²) >= 11 is 0. The van der Waals surface area contributed by atoms with Gasteiger partial charge in [0.05, 0.1) is 16.6 Å². The number of nitriles is 1. The van der Waals surface area contributed by atoms with E-state index in [1.165, 1.54) is 5.56 Å². The molecule has 4 heterocycles. The molecule has 1 aromatic carbocycles. The van der Waals surface area contributed by atoms with Gasteiger partial charge >= 0.3 is 0 Å². The number of hydrogen-bond donors (Lipinski definition) is 3. The highest BCUT2D eigenvalue weighted by Gasteiger charge is 2.20. The molecule has 3 N–H and O–H groups in total. The molecule has 0 amide bonds. The van der Waals surface area contributed by atoms with Crippen molar-refractivity contribution in [2.45, 2.75) is 38.4 Å². The number of ether oxygens (including phenoxy) is 1. The van der Waals surface area contributed by atoms with E-state index < -0.39 is 5.60 Å². The topological polar surface area (TPSA) is 121 Å². The summed E-state index contributed by atoms with van der Waals surface area (Å²) in [6, 6.07) is 15.7. The van der Waals surface area contributed by atoms with Crippen molar-refractivity contribution in [1.82, 2.24) is 24.8 Å². The normalized spacial score (nSPS) is 15.9. The molecule has 1 radical (unpaired) electrons. The van der Waals surface area contributed by atoms with Crippen molar-refractivity contribution < 1.29 is 9.84 Å². The Bertz CT molecular complexity index is 1400. The van der Waals surface area contributed by atoms with Gasteiger partial charge in [-0.1, -0.05) is 18.2 Å². The first-order chi connectivity index (χ1) is 17.4. The molecule has 1 atom stereocenters. The predicted octanol–water partition coefficient (Wildman–Crippen LogP) is 3.16. The van der Waals surface area contributed by atoms with Crippen molar-refractivity contribution >= 4 is 29.9 Å². The van der Waals surface area contributed by atoms with Crippen LogP contribution in [0.15, 0.2) is 54.9 Å². The van der Waals surface area contributed by atoms with Gasteiger partial charge in [-0.2, -0.15) is 10.2 Å². The van der Waals surface area contributed by atoms with E-state index >= 15 is 0 Å². The smallest absolute Gasteiger partial charge is 0.229 e. The summed E-state index contributed by atoms with van der Waals surface area (Å²) in [5.74, 6) is 1.35. The molecule has 0 spiro atoms. The maximum absolute atomic E-state index is 10.4. The van der Waals surface area contributed by atoms with E-state index in [4.69, 9.17) is 4.74 Å². The second kappa shape index (κ2) is 10.1. The molecule has 1 fully saturated rings. The number of hydrogen-bond acceptors (Lipinski definition) is 8. The lowest BCUT2D eigenvalue weighted by atomic mass is 9.68. The van der Waals surface area contributed by atoms with Crippen LogP contribution in [0, 0.1) is 11.3 Å². The van der Waals surface area contributed by atoms with Gasteiger partial charge in [-0.05, 0) is 56.0 Å². The van der Waals surface area contributed by atoms with Gasteiger partial charge in [0.1, 0.15) is 17.5 Å². The number of aliphatic hydroxyl groups is 1. The molecule has 0 saturated carbocycles. The largest absolute Gasteiger partial charge is 0.390 e. The minimum atomic E-state index is -1.09. The molecular formula is C26H27BN7O2. The van der Waals surface area contributed by atoms with E-state index in [0.717, 1.165) is 25.3 Å². The van der Waals surface area contributed by atoms with Gasteiger partial charge in [-0.15, -0.1) is 0 Å². The third kappa shape index (κ3) is 5.23. The first kappa shape index (κ1) is 23.9. The van der Waals surface area contributed by atoms with E-state index in [9.17, 15) is 10.4 Å². The number of nitrogens with one attached hydrogen (secondary N) is 2. The average molecular weight is 480 g/mol.